The second kappa shape index (κ2) is 13.3. The predicted molar refractivity (Wildman–Crippen MR) is 87.2 cm³/mol. The van der Waals surface area contributed by atoms with E-state index in [0.717, 1.165) is 12.8 Å². The summed E-state index contributed by atoms with van der Waals surface area (Å²) in [5.74, 6) is -0.159. The van der Waals surface area contributed by atoms with Crippen molar-refractivity contribution in [3.8, 4) is 0 Å². The van der Waals surface area contributed by atoms with Crippen LogP contribution in [0.15, 0.2) is 27.2 Å². The summed E-state index contributed by atoms with van der Waals surface area (Å²) in [7, 11) is 0. The van der Waals surface area contributed by atoms with Gasteiger partial charge in [0.15, 0.2) is 0 Å². The monoisotopic (exact) mass is 327 g/mol. The minimum absolute atomic E-state index is 0.159. The summed E-state index contributed by atoms with van der Waals surface area (Å²) in [6, 6.07) is 0. The maximum absolute atomic E-state index is 10.9. The van der Waals surface area contributed by atoms with Gasteiger partial charge in [-0.15, -0.1) is 0 Å². The summed E-state index contributed by atoms with van der Waals surface area (Å²) in [5, 5.41) is 0. The van der Waals surface area contributed by atoms with Crippen LogP contribution >= 0.6 is 0 Å². The van der Waals surface area contributed by atoms with E-state index in [9.17, 15) is 19.2 Å². The minimum Gasteiger partial charge on any atom is -0.435 e. The number of aromatic nitrogens is 3. The summed E-state index contributed by atoms with van der Waals surface area (Å²) < 4.78 is 4.61. The van der Waals surface area contributed by atoms with Crippen LogP contribution in [0.2, 0.25) is 0 Å². The standard InChI is InChI=1S/C12H22O2.C3H3N3O3/c1-3-5-6-7-8-9-10-11-12(13)14-4-2;7-1-4-2(8)6-3(9)5-1/h4H,2-3,5-11H2,1H3;(H3,4,5,6,7,8,9). The van der Waals surface area contributed by atoms with Gasteiger partial charge in [0.05, 0.1) is 6.26 Å². The Morgan fingerprint density at radius 1 is 0.913 bits per heavy atom. The Hall–Kier alpha value is -2.38. The largest absolute Gasteiger partial charge is 0.435 e. The van der Waals surface area contributed by atoms with E-state index in [2.05, 4.69) is 18.2 Å². The summed E-state index contributed by atoms with van der Waals surface area (Å²) in [5.41, 5.74) is -2.41. The first-order valence-corrected chi connectivity index (χ1v) is 7.73. The maximum atomic E-state index is 10.9. The Morgan fingerprint density at radius 3 is 1.78 bits per heavy atom. The van der Waals surface area contributed by atoms with Crippen molar-refractivity contribution < 1.29 is 9.53 Å². The number of hydrogen-bond acceptors (Lipinski definition) is 5. The van der Waals surface area contributed by atoms with Crippen LogP contribution in [0, 0.1) is 0 Å². The Labute approximate surface area is 134 Å². The number of hydrogen-bond donors (Lipinski definition) is 3. The quantitative estimate of drug-likeness (QED) is 0.360. The first-order chi connectivity index (χ1) is 11.0. The highest BCUT2D eigenvalue weighted by atomic mass is 16.5. The predicted octanol–water partition coefficient (Wildman–Crippen LogP) is 1.57. The molecular weight excluding hydrogens is 302 g/mol. The second-order valence-electron chi connectivity index (χ2n) is 4.89. The number of esters is 1. The summed E-state index contributed by atoms with van der Waals surface area (Å²) >= 11 is 0. The van der Waals surface area contributed by atoms with Gasteiger partial charge in [0.2, 0.25) is 0 Å². The molecule has 23 heavy (non-hydrogen) atoms. The molecule has 1 aromatic heterocycles. The topological polar surface area (TPSA) is 125 Å². The van der Waals surface area contributed by atoms with Crippen molar-refractivity contribution in [2.24, 2.45) is 0 Å². The van der Waals surface area contributed by atoms with Crippen molar-refractivity contribution in [3.63, 3.8) is 0 Å². The second-order valence-corrected chi connectivity index (χ2v) is 4.89. The van der Waals surface area contributed by atoms with Crippen LogP contribution in [-0.2, 0) is 9.53 Å². The molecule has 0 saturated heterocycles. The van der Waals surface area contributed by atoms with E-state index in [1.807, 2.05) is 0 Å². The maximum Gasteiger partial charge on any atom is 0.330 e. The lowest BCUT2D eigenvalue weighted by atomic mass is 10.1. The average Bonchev–Trinajstić information content (AvgIpc) is 2.46. The molecule has 0 spiro atoms. The summed E-state index contributed by atoms with van der Waals surface area (Å²) in [6.07, 6.45) is 10.3. The van der Waals surface area contributed by atoms with E-state index in [4.69, 9.17) is 0 Å². The summed E-state index contributed by atoms with van der Waals surface area (Å²) in [6.45, 7) is 5.55. The van der Waals surface area contributed by atoms with E-state index in [-0.39, 0.29) is 5.97 Å². The Morgan fingerprint density at radius 2 is 1.35 bits per heavy atom. The molecule has 0 fully saturated rings. The van der Waals surface area contributed by atoms with E-state index in [1.54, 1.807) is 15.0 Å². The van der Waals surface area contributed by atoms with Crippen LogP contribution < -0.4 is 17.1 Å². The first-order valence-electron chi connectivity index (χ1n) is 7.73. The zero-order valence-electron chi connectivity index (χ0n) is 13.5. The molecule has 0 aliphatic rings. The number of carbonyl (C=O) groups excluding carboxylic acids is 1. The van der Waals surface area contributed by atoms with Gasteiger partial charge >= 0.3 is 23.0 Å². The Kier molecular flexibility index (Phi) is 11.9. The molecule has 1 heterocycles. The van der Waals surface area contributed by atoms with Crippen LogP contribution in [0.3, 0.4) is 0 Å². The number of nitrogens with one attached hydrogen (secondary N) is 3. The molecule has 0 unspecified atom stereocenters. The van der Waals surface area contributed by atoms with Crippen molar-refractivity contribution in [1.29, 1.82) is 0 Å². The highest BCUT2D eigenvalue weighted by Crippen LogP contribution is 2.08. The lowest BCUT2D eigenvalue weighted by Crippen LogP contribution is -2.34. The first kappa shape index (κ1) is 20.6. The lowest BCUT2D eigenvalue weighted by Gasteiger charge is -2.00. The number of aromatic amines is 3. The average molecular weight is 327 g/mol. The van der Waals surface area contributed by atoms with E-state index in [1.165, 1.54) is 38.4 Å². The number of H-pyrrole nitrogens is 3. The number of unbranched alkanes of at least 4 members (excludes halogenated alkanes) is 6. The van der Waals surface area contributed by atoms with Crippen LogP contribution in [0.25, 0.3) is 0 Å². The van der Waals surface area contributed by atoms with Crippen molar-refractivity contribution in [2.75, 3.05) is 0 Å². The molecule has 0 aromatic carbocycles. The van der Waals surface area contributed by atoms with Gasteiger partial charge in [0.25, 0.3) is 0 Å². The lowest BCUT2D eigenvalue weighted by molar-refractivity contribution is -0.138. The third-order valence-electron chi connectivity index (χ3n) is 2.88. The van der Waals surface area contributed by atoms with Gasteiger partial charge in [0.1, 0.15) is 0 Å². The van der Waals surface area contributed by atoms with Gasteiger partial charge in [-0.25, -0.2) is 14.4 Å². The molecule has 1 aromatic rings. The Balaban J connectivity index is 0.000000459. The van der Waals surface area contributed by atoms with E-state index in [0.29, 0.717) is 6.42 Å². The van der Waals surface area contributed by atoms with Crippen LogP contribution in [0.4, 0.5) is 0 Å². The molecule has 0 saturated carbocycles. The molecule has 0 aliphatic heterocycles. The molecule has 8 heteroatoms. The van der Waals surface area contributed by atoms with Gasteiger partial charge < -0.3 is 4.74 Å². The summed E-state index contributed by atoms with van der Waals surface area (Å²) in [4.78, 5) is 46.8. The van der Waals surface area contributed by atoms with Crippen molar-refractivity contribution in [2.45, 2.75) is 58.3 Å². The fourth-order valence-corrected chi connectivity index (χ4v) is 1.78. The molecule has 1 rings (SSSR count). The highest BCUT2D eigenvalue weighted by Gasteiger charge is 1.99. The molecule has 0 atom stereocenters. The normalized spacial score (nSPS) is 9.61. The fourth-order valence-electron chi connectivity index (χ4n) is 1.78. The number of ether oxygens (including phenoxy) is 1. The van der Waals surface area contributed by atoms with Crippen LogP contribution in [-0.4, -0.2) is 20.9 Å². The molecule has 0 radical (unpaired) electrons. The zero-order valence-corrected chi connectivity index (χ0v) is 13.5. The van der Waals surface area contributed by atoms with Gasteiger partial charge in [-0.3, -0.25) is 19.7 Å². The van der Waals surface area contributed by atoms with E-state index < -0.39 is 17.1 Å². The zero-order chi connectivity index (χ0) is 17.5. The van der Waals surface area contributed by atoms with Gasteiger partial charge in [-0.2, -0.15) is 0 Å². The van der Waals surface area contributed by atoms with E-state index >= 15 is 0 Å². The SMILES string of the molecule is C=COC(=O)CCCCCCCCC.O=c1[nH]c(=O)[nH]c(=O)[nH]1. The molecule has 130 valence electrons. The minimum atomic E-state index is -0.802. The van der Waals surface area contributed by atoms with Crippen LogP contribution in [0.5, 0.6) is 0 Å². The molecule has 0 amide bonds. The Bertz CT molecular complexity index is 536. The van der Waals surface area contributed by atoms with Crippen molar-refractivity contribution in [3.05, 3.63) is 44.3 Å². The van der Waals surface area contributed by atoms with Gasteiger partial charge in [0, 0.05) is 6.42 Å². The number of rotatable bonds is 9. The highest BCUT2D eigenvalue weighted by molar-refractivity contribution is 5.69. The third kappa shape index (κ3) is 13.0. The van der Waals surface area contributed by atoms with Gasteiger partial charge in [-0.05, 0) is 6.42 Å². The smallest absolute Gasteiger partial charge is 0.330 e. The van der Waals surface area contributed by atoms with Crippen LogP contribution in [0.1, 0.15) is 58.3 Å². The number of carbonyl (C=O) groups is 1. The molecule has 8 nitrogen and oxygen atoms in total. The molecule has 0 bridgehead atoms. The van der Waals surface area contributed by atoms with Crippen molar-refractivity contribution in [1.82, 2.24) is 15.0 Å². The van der Waals surface area contributed by atoms with Gasteiger partial charge in [-0.1, -0.05) is 52.0 Å². The van der Waals surface area contributed by atoms with Crippen molar-refractivity contribution >= 4 is 5.97 Å². The molecule has 3 N–H and O–H groups in total. The fraction of sp³-hybridized carbons (Fsp3) is 0.600. The third-order valence-corrected chi connectivity index (χ3v) is 2.88. The molecular formula is C15H25N3O5. The molecule has 0 aliphatic carbocycles.